The van der Waals surface area contributed by atoms with Crippen LogP contribution in [0.4, 0.5) is 22.0 Å². The van der Waals surface area contributed by atoms with E-state index in [1.54, 1.807) is 0 Å². The normalized spacial score (nSPS) is 24.3. The van der Waals surface area contributed by atoms with Crippen LogP contribution < -0.4 is 10.1 Å². The molecular weight excluding hydrogens is 269 g/mol. The average molecular weight is 281 g/mol. The molecule has 0 amide bonds. The Morgan fingerprint density at radius 2 is 1.95 bits per heavy atom. The number of nitrogens with one attached hydrogen (secondary N) is 1. The van der Waals surface area contributed by atoms with Gasteiger partial charge in [0.25, 0.3) is 0 Å². The van der Waals surface area contributed by atoms with E-state index in [1.807, 2.05) is 0 Å². The van der Waals surface area contributed by atoms with Crippen LogP contribution in [0.25, 0.3) is 0 Å². The van der Waals surface area contributed by atoms with Crippen molar-refractivity contribution in [3.63, 3.8) is 0 Å². The molecule has 0 spiro atoms. The molecule has 1 N–H and O–H groups in total. The highest BCUT2D eigenvalue weighted by Gasteiger charge is 2.57. The Bertz CT molecular complexity index is 454. The maximum absolute atomic E-state index is 13.4. The summed E-state index contributed by atoms with van der Waals surface area (Å²) in [5, 5.41) is 2.58. The van der Waals surface area contributed by atoms with E-state index >= 15 is 0 Å². The average Bonchev–Trinajstić information content (AvgIpc) is 2.34. The van der Waals surface area contributed by atoms with E-state index in [-0.39, 0.29) is 12.8 Å². The third-order valence-electron chi connectivity index (χ3n) is 3.06. The molecule has 1 atom stereocenters. The highest BCUT2D eigenvalue weighted by molar-refractivity contribution is 5.26. The predicted molar refractivity (Wildman–Crippen MR) is 57.9 cm³/mol. The maximum Gasteiger partial charge on any atom is 0.429 e. The fourth-order valence-electron chi connectivity index (χ4n) is 2.03. The van der Waals surface area contributed by atoms with Gasteiger partial charge in [-0.3, -0.25) is 0 Å². The van der Waals surface area contributed by atoms with Crippen LogP contribution in [0.5, 0.6) is 5.75 Å². The number of benzene rings is 1. The molecule has 0 aromatic heterocycles. The molecule has 0 bridgehead atoms. The lowest BCUT2D eigenvalue weighted by Gasteiger charge is -2.39. The largest absolute Gasteiger partial charge is 0.473 e. The summed E-state index contributed by atoms with van der Waals surface area (Å²) in [5.74, 6) is -2.59. The Hall–Kier alpha value is -1.37. The van der Waals surface area contributed by atoms with E-state index in [0.717, 1.165) is 12.1 Å². The van der Waals surface area contributed by atoms with Gasteiger partial charge in [-0.2, -0.15) is 13.2 Å². The van der Waals surface area contributed by atoms with Gasteiger partial charge in [0.1, 0.15) is 5.82 Å². The molecule has 0 radical (unpaired) electrons. The second kappa shape index (κ2) is 4.96. The third kappa shape index (κ3) is 2.80. The lowest BCUT2D eigenvalue weighted by Crippen LogP contribution is -2.59. The SMILES string of the molecule is Fc1ccc(F)c(OC2(C(F)(F)F)CCCNC2)c1. The number of hydrogen-bond acceptors (Lipinski definition) is 2. The zero-order valence-corrected chi connectivity index (χ0v) is 9.86. The van der Waals surface area contributed by atoms with Gasteiger partial charge < -0.3 is 10.1 Å². The third-order valence-corrected chi connectivity index (χ3v) is 3.06. The van der Waals surface area contributed by atoms with Gasteiger partial charge in [-0.1, -0.05) is 0 Å². The van der Waals surface area contributed by atoms with Crippen molar-refractivity contribution in [3.05, 3.63) is 29.8 Å². The Morgan fingerprint density at radius 1 is 1.21 bits per heavy atom. The molecule has 1 aromatic rings. The van der Waals surface area contributed by atoms with Gasteiger partial charge in [0.15, 0.2) is 11.6 Å². The summed E-state index contributed by atoms with van der Waals surface area (Å²) in [6, 6.07) is 2.18. The monoisotopic (exact) mass is 281 g/mol. The van der Waals surface area contributed by atoms with Crippen LogP contribution >= 0.6 is 0 Å². The van der Waals surface area contributed by atoms with E-state index in [0.29, 0.717) is 12.6 Å². The molecule has 0 saturated carbocycles. The first-order valence-corrected chi connectivity index (χ1v) is 5.76. The second-order valence-corrected chi connectivity index (χ2v) is 4.45. The predicted octanol–water partition coefficient (Wildman–Crippen LogP) is 3.03. The first-order chi connectivity index (χ1) is 8.84. The van der Waals surface area contributed by atoms with Gasteiger partial charge in [0.2, 0.25) is 5.60 Å². The summed E-state index contributed by atoms with van der Waals surface area (Å²) < 4.78 is 70.6. The molecule has 106 valence electrons. The summed E-state index contributed by atoms with van der Waals surface area (Å²) >= 11 is 0. The van der Waals surface area contributed by atoms with Crippen molar-refractivity contribution in [2.75, 3.05) is 13.1 Å². The standard InChI is InChI=1S/C12H12F5NO/c13-8-2-3-9(14)10(6-8)19-11(12(15,16)17)4-1-5-18-7-11/h2-3,6,18H,1,4-5,7H2. The van der Waals surface area contributed by atoms with Crippen LogP contribution in [0.15, 0.2) is 18.2 Å². The Labute approximate surface area is 106 Å². The topological polar surface area (TPSA) is 21.3 Å². The fourth-order valence-corrected chi connectivity index (χ4v) is 2.03. The van der Waals surface area contributed by atoms with Gasteiger partial charge in [-0.05, 0) is 31.5 Å². The highest BCUT2D eigenvalue weighted by Crippen LogP contribution is 2.39. The maximum atomic E-state index is 13.4. The van der Waals surface area contributed by atoms with Crippen molar-refractivity contribution < 1.29 is 26.7 Å². The molecule has 1 aliphatic rings. The van der Waals surface area contributed by atoms with Crippen LogP contribution in [0.3, 0.4) is 0 Å². The second-order valence-electron chi connectivity index (χ2n) is 4.45. The summed E-state index contributed by atoms with van der Waals surface area (Å²) in [6.07, 6.45) is -4.71. The summed E-state index contributed by atoms with van der Waals surface area (Å²) in [4.78, 5) is 0. The highest BCUT2D eigenvalue weighted by atomic mass is 19.4. The first kappa shape index (κ1) is 14.0. The number of piperidine rings is 1. The molecule has 1 aliphatic heterocycles. The summed E-state index contributed by atoms with van der Waals surface area (Å²) in [7, 11) is 0. The van der Waals surface area contributed by atoms with E-state index in [4.69, 9.17) is 4.74 Å². The molecule has 7 heteroatoms. The van der Waals surface area contributed by atoms with Crippen molar-refractivity contribution in [3.8, 4) is 5.75 Å². The minimum Gasteiger partial charge on any atom is -0.473 e. The molecule has 1 unspecified atom stereocenters. The Balaban J connectivity index is 2.33. The minimum absolute atomic E-state index is 0.246. The van der Waals surface area contributed by atoms with Gasteiger partial charge in [-0.15, -0.1) is 0 Å². The molecular formula is C12H12F5NO. The number of hydrogen-bond donors (Lipinski definition) is 1. The Kier molecular flexibility index (Phi) is 3.66. The molecule has 1 heterocycles. The number of ether oxygens (including phenoxy) is 1. The molecule has 1 fully saturated rings. The van der Waals surface area contributed by atoms with Gasteiger partial charge >= 0.3 is 6.18 Å². The van der Waals surface area contributed by atoms with E-state index in [9.17, 15) is 22.0 Å². The minimum atomic E-state index is -4.67. The molecule has 0 aliphatic carbocycles. The van der Waals surface area contributed by atoms with Gasteiger partial charge in [-0.25, -0.2) is 8.78 Å². The van der Waals surface area contributed by atoms with Crippen LogP contribution in [0.1, 0.15) is 12.8 Å². The zero-order chi connectivity index (χ0) is 14.1. The molecule has 19 heavy (non-hydrogen) atoms. The van der Waals surface area contributed by atoms with E-state index in [1.165, 1.54) is 0 Å². The van der Waals surface area contributed by atoms with E-state index < -0.39 is 35.7 Å². The number of alkyl halides is 3. The lowest BCUT2D eigenvalue weighted by atomic mass is 9.93. The molecule has 2 rings (SSSR count). The van der Waals surface area contributed by atoms with E-state index in [2.05, 4.69) is 5.32 Å². The first-order valence-electron chi connectivity index (χ1n) is 5.76. The number of halogens is 5. The quantitative estimate of drug-likeness (QED) is 0.841. The smallest absolute Gasteiger partial charge is 0.429 e. The van der Waals surface area contributed by atoms with Gasteiger partial charge in [0, 0.05) is 12.6 Å². The summed E-state index contributed by atoms with van der Waals surface area (Å²) in [6.45, 7) is -0.0424. The van der Waals surface area contributed by atoms with Crippen molar-refractivity contribution in [1.29, 1.82) is 0 Å². The lowest BCUT2D eigenvalue weighted by molar-refractivity contribution is -0.253. The molecule has 2 nitrogen and oxygen atoms in total. The van der Waals surface area contributed by atoms with Crippen LogP contribution in [0, 0.1) is 11.6 Å². The van der Waals surface area contributed by atoms with Crippen LogP contribution in [-0.2, 0) is 0 Å². The van der Waals surface area contributed by atoms with Crippen LogP contribution in [-0.4, -0.2) is 24.9 Å². The molecule has 1 aromatic carbocycles. The van der Waals surface area contributed by atoms with Gasteiger partial charge in [0.05, 0.1) is 0 Å². The van der Waals surface area contributed by atoms with Crippen molar-refractivity contribution in [2.24, 2.45) is 0 Å². The molecule has 1 saturated heterocycles. The van der Waals surface area contributed by atoms with Crippen molar-refractivity contribution >= 4 is 0 Å². The van der Waals surface area contributed by atoms with Crippen LogP contribution in [0.2, 0.25) is 0 Å². The fraction of sp³-hybridized carbons (Fsp3) is 0.500. The Morgan fingerprint density at radius 3 is 2.53 bits per heavy atom. The number of rotatable bonds is 2. The van der Waals surface area contributed by atoms with Crippen molar-refractivity contribution in [2.45, 2.75) is 24.6 Å². The van der Waals surface area contributed by atoms with Crippen molar-refractivity contribution in [1.82, 2.24) is 5.32 Å². The summed E-state index contributed by atoms with van der Waals surface area (Å²) in [5.41, 5.74) is -2.51. The zero-order valence-electron chi connectivity index (χ0n) is 9.86.